The normalized spacial score (nSPS) is 28.8. The number of hydrogen-bond acceptors (Lipinski definition) is 2. The van der Waals surface area contributed by atoms with E-state index >= 15 is 0 Å². The molecule has 1 N–H and O–H groups in total. The minimum absolute atomic E-state index is 0.229. The molecule has 90 valence electrons. The number of rotatable bonds is 2. The number of amides is 1. The van der Waals surface area contributed by atoms with Crippen molar-refractivity contribution in [2.45, 2.75) is 37.9 Å². The molecule has 17 heavy (non-hydrogen) atoms. The van der Waals surface area contributed by atoms with Crippen LogP contribution in [0.1, 0.15) is 24.8 Å². The molecule has 0 unspecified atom stereocenters. The zero-order chi connectivity index (χ0) is 11.7. The summed E-state index contributed by atoms with van der Waals surface area (Å²) in [6.45, 7) is 2.11. The highest BCUT2D eigenvalue weighted by Gasteiger charge is 2.37. The average Bonchev–Trinajstić information content (AvgIpc) is 2.73. The lowest BCUT2D eigenvalue weighted by molar-refractivity contribution is -0.124. The maximum Gasteiger partial charge on any atom is 0.220 e. The van der Waals surface area contributed by atoms with E-state index in [1.165, 1.54) is 5.56 Å². The molecule has 2 saturated heterocycles. The minimum Gasteiger partial charge on any atom is -0.352 e. The fraction of sp³-hybridized carbons (Fsp3) is 0.500. The van der Waals surface area contributed by atoms with Crippen LogP contribution in [0.3, 0.4) is 0 Å². The second-order valence-electron chi connectivity index (χ2n) is 5.02. The van der Waals surface area contributed by atoms with Crippen LogP contribution in [0.5, 0.6) is 0 Å². The highest BCUT2D eigenvalue weighted by Crippen LogP contribution is 2.26. The predicted molar refractivity (Wildman–Crippen MR) is 66.4 cm³/mol. The fourth-order valence-electron chi connectivity index (χ4n) is 3.04. The van der Waals surface area contributed by atoms with Crippen molar-refractivity contribution in [2.24, 2.45) is 0 Å². The fourth-order valence-corrected chi connectivity index (χ4v) is 3.04. The van der Waals surface area contributed by atoms with Gasteiger partial charge in [0, 0.05) is 31.6 Å². The van der Waals surface area contributed by atoms with E-state index in [1.807, 2.05) is 0 Å². The van der Waals surface area contributed by atoms with Gasteiger partial charge in [0.05, 0.1) is 0 Å². The standard InChI is InChI=1S/C14H18N2O/c17-14-7-6-13-12(15-14)8-9-16(13)10-11-4-2-1-3-5-11/h1-5,12-13H,6-10H2,(H,15,17)/t12-,13-/m1/s1. The smallest absolute Gasteiger partial charge is 0.220 e. The Balaban J connectivity index is 1.68. The number of benzene rings is 1. The lowest BCUT2D eigenvalue weighted by Crippen LogP contribution is -2.49. The van der Waals surface area contributed by atoms with Gasteiger partial charge in [0.25, 0.3) is 0 Å². The Morgan fingerprint density at radius 3 is 2.88 bits per heavy atom. The van der Waals surface area contributed by atoms with Crippen LogP contribution < -0.4 is 5.32 Å². The summed E-state index contributed by atoms with van der Waals surface area (Å²) in [4.78, 5) is 13.9. The topological polar surface area (TPSA) is 32.3 Å². The van der Waals surface area contributed by atoms with E-state index in [0.29, 0.717) is 18.5 Å². The molecule has 0 aliphatic carbocycles. The number of likely N-dealkylation sites (tertiary alicyclic amines) is 1. The van der Waals surface area contributed by atoms with Gasteiger partial charge in [-0.1, -0.05) is 30.3 Å². The molecular formula is C14H18N2O. The van der Waals surface area contributed by atoms with Crippen molar-refractivity contribution in [1.82, 2.24) is 10.2 Å². The molecule has 3 heteroatoms. The van der Waals surface area contributed by atoms with Crippen molar-refractivity contribution in [1.29, 1.82) is 0 Å². The van der Waals surface area contributed by atoms with Gasteiger partial charge in [0.2, 0.25) is 5.91 Å². The maximum atomic E-state index is 11.3. The van der Waals surface area contributed by atoms with E-state index in [2.05, 4.69) is 40.5 Å². The summed E-state index contributed by atoms with van der Waals surface area (Å²) in [5.74, 6) is 0.229. The molecule has 1 aromatic rings. The quantitative estimate of drug-likeness (QED) is 0.836. The van der Waals surface area contributed by atoms with Gasteiger partial charge in [-0.3, -0.25) is 9.69 Å². The number of nitrogens with one attached hydrogen (secondary N) is 1. The molecule has 2 aliphatic rings. The Kier molecular flexibility index (Phi) is 2.85. The molecular weight excluding hydrogens is 212 g/mol. The lowest BCUT2D eigenvalue weighted by Gasteiger charge is -2.32. The van der Waals surface area contributed by atoms with Gasteiger partial charge in [-0.15, -0.1) is 0 Å². The van der Waals surface area contributed by atoms with Crippen LogP contribution >= 0.6 is 0 Å². The summed E-state index contributed by atoms with van der Waals surface area (Å²) in [7, 11) is 0. The average molecular weight is 230 g/mol. The molecule has 1 aromatic carbocycles. The van der Waals surface area contributed by atoms with Crippen molar-refractivity contribution in [3.05, 3.63) is 35.9 Å². The third-order valence-electron chi connectivity index (χ3n) is 3.90. The number of carbonyl (C=O) groups excluding carboxylic acids is 1. The van der Waals surface area contributed by atoms with Crippen molar-refractivity contribution in [3.63, 3.8) is 0 Å². The monoisotopic (exact) mass is 230 g/mol. The molecule has 2 fully saturated rings. The molecule has 3 rings (SSSR count). The van der Waals surface area contributed by atoms with Gasteiger partial charge in [-0.25, -0.2) is 0 Å². The summed E-state index contributed by atoms with van der Waals surface area (Å²) in [5.41, 5.74) is 1.37. The summed E-state index contributed by atoms with van der Waals surface area (Å²) in [5, 5.41) is 3.11. The molecule has 0 aromatic heterocycles. The third kappa shape index (κ3) is 2.20. The van der Waals surface area contributed by atoms with Gasteiger partial charge in [0.1, 0.15) is 0 Å². The molecule has 0 bridgehead atoms. The van der Waals surface area contributed by atoms with Crippen LogP contribution in [0.15, 0.2) is 30.3 Å². The number of nitrogens with zero attached hydrogens (tertiary/aromatic N) is 1. The first-order chi connectivity index (χ1) is 8.33. The van der Waals surface area contributed by atoms with E-state index in [-0.39, 0.29) is 5.91 Å². The minimum atomic E-state index is 0.229. The van der Waals surface area contributed by atoms with Gasteiger partial charge < -0.3 is 5.32 Å². The van der Waals surface area contributed by atoms with E-state index < -0.39 is 0 Å². The molecule has 0 radical (unpaired) electrons. The van der Waals surface area contributed by atoms with Crippen LogP contribution in [-0.4, -0.2) is 29.4 Å². The molecule has 1 amide bonds. The number of fused-ring (bicyclic) bond motifs is 1. The van der Waals surface area contributed by atoms with Crippen molar-refractivity contribution >= 4 is 5.91 Å². The van der Waals surface area contributed by atoms with E-state index in [1.54, 1.807) is 0 Å². The van der Waals surface area contributed by atoms with E-state index in [4.69, 9.17) is 0 Å². The van der Waals surface area contributed by atoms with Crippen LogP contribution in [0.2, 0.25) is 0 Å². The van der Waals surface area contributed by atoms with Crippen molar-refractivity contribution in [2.75, 3.05) is 6.54 Å². The molecule has 0 spiro atoms. The van der Waals surface area contributed by atoms with Crippen molar-refractivity contribution < 1.29 is 4.79 Å². The van der Waals surface area contributed by atoms with Gasteiger partial charge in [0.15, 0.2) is 0 Å². The second kappa shape index (κ2) is 4.49. The Bertz CT molecular complexity index is 404. The third-order valence-corrected chi connectivity index (χ3v) is 3.90. The Morgan fingerprint density at radius 2 is 2.06 bits per heavy atom. The number of carbonyl (C=O) groups is 1. The van der Waals surface area contributed by atoms with Crippen LogP contribution in [0, 0.1) is 0 Å². The molecule has 3 nitrogen and oxygen atoms in total. The molecule has 2 heterocycles. The summed E-state index contributed by atoms with van der Waals surface area (Å²) in [6.07, 6.45) is 2.80. The SMILES string of the molecule is O=C1CC[C@@H]2[C@@H](CCN2Cc2ccccc2)N1. The first-order valence-corrected chi connectivity index (χ1v) is 6.40. The zero-order valence-electron chi connectivity index (χ0n) is 9.93. The Hall–Kier alpha value is -1.35. The summed E-state index contributed by atoms with van der Waals surface area (Å²) < 4.78 is 0. The Morgan fingerprint density at radius 1 is 1.24 bits per heavy atom. The highest BCUT2D eigenvalue weighted by atomic mass is 16.1. The molecule has 2 aliphatic heterocycles. The first-order valence-electron chi connectivity index (χ1n) is 6.40. The lowest BCUT2D eigenvalue weighted by atomic mass is 9.99. The van der Waals surface area contributed by atoms with Gasteiger partial charge in [-0.2, -0.15) is 0 Å². The van der Waals surface area contributed by atoms with Crippen LogP contribution in [0.4, 0.5) is 0 Å². The van der Waals surface area contributed by atoms with E-state index in [9.17, 15) is 4.79 Å². The Labute approximate surface area is 102 Å². The highest BCUT2D eigenvalue weighted by molar-refractivity contribution is 5.77. The maximum absolute atomic E-state index is 11.3. The molecule has 2 atom stereocenters. The zero-order valence-corrected chi connectivity index (χ0v) is 9.93. The largest absolute Gasteiger partial charge is 0.352 e. The number of hydrogen-bond donors (Lipinski definition) is 1. The van der Waals surface area contributed by atoms with Crippen LogP contribution in [-0.2, 0) is 11.3 Å². The summed E-state index contributed by atoms with van der Waals surface area (Å²) in [6, 6.07) is 11.5. The predicted octanol–water partition coefficient (Wildman–Crippen LogP) is 1.54. The molecule has 0 saturated carbocycles. The van der Waals surface area contributed by atoms with Gasteiger partial charge >= 0.3 is 0 Å². The van der Waals surface area contributed by atoms with E-state index in [0.717, 1.165) is 25.9 Å². The first kappa shape index (κ1) is 10.8. The van der Waals surface area contributed by atoms with Gasteiger partial charge in [-0.05, 0) is 18.4 Å². The number of piperidine rings is 1. The van der Waals surface area contributed by atoms with Crippen LogP contribution in [0.25, 0.3) is 0 Å². The summed E-state index contributed by atoms with van der Waals surface area (Å²) >= 11 is 0. The van der Waals surface area contributed by atoms with Crippen molar-refractivity contribution in [3.8, 4) is 0 Å². The second-order valence-corrected chi connectivity index (χ2v) is 5.02.